The number of carbonyl (C=O) groups is 1. The van der Waals surface area contributed by atoms with E-state index in [1.54, 1.807) is 0 Å². The lowest BCUT2D eigenvalue weighted by Gasteiger charge is -1.73. The maximum absolute atomic E-state index is 9.92. The van der Waals surface area contributed by atoms with Crippen molar-refractivity contribution in [2.45, 2.75) is 13.3 Å². The van der Waals surface area contributed by atoms with Crippen molar-refractivity contribution in [2.75, 3.05) is 0 Å². The summed E-state index contributed by atoms with van der Waals surface area (Å²) in [5.41, 5.74) is 1.07. The van der Waals surface area contributed by atoms with Crippen LogP contribution in [0, 0.1) is 5.92 Å². The highest BCUT2D eigenvalue weighted by Crippen LogP contribution is 2.36. The molecule has 0 spiro atoms. The minimum atomic E-state index is -0.815. The molecule has 1 rings (SSSR count). The summed E-state index contributed by atoms with van der Waals surface area (Å²) < 4.78 is 0. The molecule has 0 bridgehead atoms. The third-order valence-corrected chi connectivity index (χ3v) is 1.32. The Morgan fingerprint density at radius 1 is 2.00 bits per heavy atom. The molecule has 2 nitrogen and oxygen atoms in total. The van der Waals surface area contributed by atoms with Gasteiger partial charge in [0.05, 0.1) is 0 Å². The van der Waals surface area contributed by atoms with Crippen LogP contribution in [0.5, 0.6) is 0 Å². The molecule has 1 saturated carbocycles. The van der Waals surface area contributed by atoms with Crippen molar-refractivity contribution in [1.29, 1.82) is 0 Å². The average Bonchev–Trinajstić information content (AvgIpc) is 2.17. The zero-order valence-electron chi connectivity index (χ0n) is 4.72. The molecular formula is C6H8O2. The van der Waals surface area contributed by atoms with Crippen LogP contribution in [-0.4, -0.2) is 11.1 Å². The molecular weight excluding hydrogens is 104 g/mol. The lowest BCUT2D eigenvalue weighted by molar-refractivity contribution is -0.131. The van der Waals surface area contributed by atoms with Crippen LogP contribution in [0.2, 0.25) is 0 Å². The SMILES string of the molecule is CC1C/C1=C\C(=O)O. The van der Waals surface area contributed by atoms with Gasteiger partial charge in [0.1, 0.15) is 0 Å². The maximum atomic E-state index is 9.92. The van der Waals surface area contributed by atoms with Crippen LogP contribution in [-0.2, 0) is 4.79 Å². The summed E-state index contributed by atoms with van der Waals surface area (Å²) in [6.07, 6.45) is 2.27. The first-order chi connectivity index (χ1) is 3.70. The Bertz CT molecular complexity index is 147. The summed E-state index contributed by atoms with van der Waals surface area (Å²) in [7, 11) is 0. The van der Waals surface area contributed by atoms with Gasteiger partial charge in [-0.05, 0) is 12.3 Å². The molecule has 0 heterocycles. The van der Waals surface area contributed by atoms with Gasteiger partial charge in [0.25, 0.3) is 0 Å². The maximum Gasteiger partial charge on any atom is 0.328 e. The van der Waals surface area contributed by atoms with Gasteiger partial charge in [-0.1, -0.05) is 12.5 Å². The highest BCUT2D eigenvalue weighted by molar-refractivity contribution is 5.81. The van der Waals surface area contributed by atoms with E-state index in [0.717, 1.165) is 12.0 Å². The summed E-state index contributed by atoms with van der Waals surface area (Å²) in [5, 5.41) is 8.17. The lowest BCUT2D eigenvalue weighted by Crippen LogP contribution is -1.85. The van der Waals surface area contributed by atoms with Crippen LogP contribution >= 0.6 is 0 Å². The number of rotatable bonds is 1. The van der Waals surface area contributed by atoms with Crippen molar-refractivity contribution >= 4 is 5.97 Å². The number of carboxylic acid groups (broad SMARTS) is 1. The van der Waals surface area contributed by atoms with Gasteiger partial charge in [-0.15, -0.1) is 0 Å². The van der Waals surface area contributed by atoms with Crippen molar-refractivity contribution in [3.8, 4) is 0 Å². The Labute approximate surface area is 47.8 Å². The zero-order chi connectivity index (χ0) is 6.15. The summed E-state index contributed by atoms with van der Waals surface area (Å²) in [4.78, 5) is 9.92. The van der Waals surface area contributed by atoms with Crippen molar-refractivity contribution in [2.24, 2.45) is 5.92 Å². The molecule has 1 atom stereocenters. The average molecular weight is 112 g/mol. The second-order valence-electron chi connectivity index (χ2n) is 2.16. The topological polar surface area (TPSA) is 37.3 Å². The van der Waals surface area contributed by atoms with Gasteiger partial charge in [0.15, 0.2) is 0 Å². The van der Waals surface area contributed by atoms with E-state index in [9.17, 15) is 4.79 Å². The number of carboxylic acids is 1. The van der Waals surface area contributed by atoms with E-state index < -0.39 is 5.97 Å². The van der Waals surface area contributed by atoms with Crippen LogP contribution in [0.25, 0.3) is 0 Å². The van der Waals surface area contributed by atoms with Gasteiger partial charge in [0, 0.05) is 6.08 Å². The summed E-state index contributed by atoms with van der Waals surface area (Å²) in [6, 6.07) is 0. The first kappa shape index (κ1) is 5.35. The minimum Gasteiger partial charge on any atom is -0.478 e. The molecule has 0 aromatic carbocycles. The van der Waals surface area contributed by atoms with Gasteiger partial charge in [0.2, 0.25) is 0 Å². The first-order valence-corrected chi connectivity index (χ1v) is 2.63. The normalized spacial score (nSPS) is 30.6. The van der Waals surface area contributed by atoms with E-state index in [1.807, 2.05) is 6.92 Å². The van der Waals surface area contributed by atoms with Gasteiger partial charge in [-0.25, -0.2) is 4.79 Å². The standard InChI is InChI=1S/C6H8O2/c1-4-2-5(4)3-6(7)8/h3-4H,2H2,1H3,(H,7,8)/b5-3+. The fraction of sp³-hybridized carbons (Fsp3) is 0.500. The fourth-order valence-corrected chi connectivity index (χ4v) is 0.654. The Balaban J connectivity index is 2.47. The zero-order valence-corrected chi connectivity index (χ0v) is 4.72. The van der Waals surface area contributed by atoms with Crippen molar-refractivity contribution in [1.82, 2.24) is 0 Å². The van der Waals surface area contributed by atoms with E-state index >= 15 is 0 Å². The number of allylic oxidation sites excluding steroid dienone is 1. The molecule has 1 unspecified atom stereocenters. The van der Waals surface area contributed by atoms with Crippen molar-refractivity contribution in [3.63, 3.8) is 0 Å². The number of aliphatic carboxylic acids is 1. The Hall–Kier alpha value is -0.790. The van der Waals surface area contributed by atoms with Crippen LogP contribution in [0.4, 0.5) is 0 Å². The van der Waals surface area contributed by atoms with Crippen LogP contribution in [0.3, 0.4) is 0 Å². The molecule has 1 fully saturated rings. The molecule has 0 amide bonds. The van der Waals surface area contributed by atoms with Crippen LogP contribution in [0.1, 0.15) is 13.3 Å². The van der Waals surface area contributed by atoms with Gasteiger partial charge in [-0.3, -0.25) is 0 Å². The fourth-order valence-electron chi connectivity index (χ4n) is 0.654. The summed E-state index contributed by atoms with van der Waals surface area (Å²) in [5.74, 6) is -0.282. The smallest absolute Gasteiger partial charge is 0.328 e. The lowest BCUT2D eigenvalue weighted by atomic mass is 10.4. The predicted octanol–water partition coefficient (Wildman–Crippen LogP) is 1.04. The quantitative estimate of drug-likeness (QED) is 0.514. The van der Waals surface area contributed by atoms with E-state index in [0.29, 0.717) is 5.92 Å². The van der Waals surface area contributed by atoms with Gasteiger partial charge >= 0.3 is 5.97 Å². The predicted molar refractivity (Wildman–Crippen MR) is 29.5 cm³/mol. The molecule has 0 saturated heterocycles. The molecule has 0 aromatic heterocycles. The first-order valence-electron chi connectivity index (χ1n) is 2.63. The molecule has 0 radical (unpaired) electrons. The van der Waals surface area contributed by atoms with E-state index in [1.165, 1.54) is 6.08 Å². The Kier molecular flexibility index (Phi) is 1.08. The second-order valence-corrected chi connectivity index (χ2v) is 2.16. The monoisotopic (exact) mass is 112 g/mol. The van der Waals surface area contributed by atoms with E-state index in [4.69, 9.17) is 5.11 Å². The van der Waals surface area contributed by atoms with Crippen molar-refractivity contribution < 1.29 is 9.90 Å². The van der Waals surface area contributed by atoms with E-state index in [2.05, 4.69) is 0 Å². The van der Waals surface area contributed by atoms with Crippen LogP contribution < -0.4 is 0 Å². The molecule has 0 aromatic rings. The molecule has 1 aliphatic carbocycles. The van der Waals surface area contributed by atoms with Gasteiger partial charge in [-0.2, -0.15) is 0 Å². The molecule has 44 valence electrons. The summed E-state index contributed by atoms with van der Waals surface area (Å²) in [6.45, 7) is 2.02. The molecule has 8 heavy (non-hydrogen) atoms. The third kappa shape index (κ3) is 1.09. The second kappa shape index (κ2) is 1.62. The highest BCUT2D eigenvalue weighted by Gasteiger charge is 2.24. The summed E-state index contributed by atoms with van der Waals surface area (Å²) >= 11 is 0. The van der Waals surface area contributed by atoms with Gasteiger partial charge < -0.3 is 5.11 Å². The number of hydrogen-bond acceptors (Lipinski definition) is 1. The largest absolute Gasteiger partial charge is 0.478 e. The molecule has 1 N–H and O–H groups in total. The minimum absolute atomic E-state index is 0.533. The van der Waals surface area contributed by atoms with E-state index in [-0.39, 0.29) is 0 Å². The molecule has 1 aliphatic rings. The Morgan fingerprint density at radius 2 is 2.50 bits per heavy atom. The third-order valence-electron chi connectivity index (χ3n) is 1.32. The highest BCUT2D eigenvalue weighted by atomic mass is 16.4. The Morgan fingerprint density at radius 3 is 2.62 bits per heavy atom. The molecule has 2 heteroatoms. The number of hydrogen-bond donors (Lipinski definition) is 1. The van der Waals surface area contributed by atoms with Crippen LogP contribution in [0.15, 0.2) is 11.6 Å². The van der Waals surface area contributed by atoms with Crippen molar-refractivity contribution in [3.05, 3.63) is 11.6 Å². The molecule has 0 aliphatic heterocycles.